The Morgan fingerprint density at radius 3 is 2.68 bits per heavy atom. The van der Waals surface area contributed by atoms with Gasteiger partial charge in [-0.2, -0.15) is 0 Å². The van der Waals surface area contributed by atoms with Crippen molar-refractivity contribution in [3.05, 3.63) is 47.3 Å². The van der Waals surface area contributed by atoms with Gasteiger partial charge in [-0.3, -0.25) is 4.79 Å². The van der Waals surface area contributed by atoms with Gasteiger partial charge in [0.2, 0.25) is 15.9 Å². The van der Waals surface area contributed by atoms with Gasteiger partial charge < -0.3 is 4.90 Å². The number of hydrogen-bond donors (Lipinski definition) is 1. The summed E-state index contributed by atoms with van der Waals surface area (Å²) in [5.74, 6) is 0.605. The van der Waals surface area contributed by atoms with Crippen molar-refractivity contribution in [3.63, 3.8) is 0 Å². The summed E-state index contributed by atoms with van der Waals surface area (Å²) in [5.41, 5.74) is 2.51. The minimum atomic E-state index is -3.20. The summed E-state index contributed by atoms with van der Waals surface area (Å²) in [4.78, 5) is 16.3. The predicted octanol–water partition coefficient (Wildman–Crippen LogP) is 3.45. The van der Waals surface area contributed by atoms with Crippen LogP contribution in [0.2, 0.25) is 0 Å². The van der Waals surface area contributed by atoms with Crippen molar-refractivity contribution >= 4 is 27.3 Å². The predicted molar refractivity (Wildman–Crippen MR) is 113 cm³/mol. The zero-order valence-electron chi connectivity index (χ0n) is 16.0. The molecule has 2 fully saturated rings. The van der Waals surface area contributed by atoms with Crippen molar-refractivity contribution < 1.29 is 13.2 Å². The van der Waals surface area contributed by atoms with Crippen molar-refractivity contribution in [2.24, 2.45) is 5.92 Å². The van der Waals surface area contributed by atoms with Crippen LogP contribution in [0.25, 0.3) is 10.4 Å². The zero-order valence-corrected chi connectivity index (χ0v) is 17.6. The van der Waals surface area contributed by atoms with E-state index in [1.165, 1.54) is 22.3 Å². The fourth-order valence-corrected chi connectivity index (χ4v) is 6.04. The quantitative estimate of drug-likeness (QED) is 0.809. The number of hydrogen-bond acceptors (Lipinski definition) is 4. The molecule has 0 spiro atoms. The summed E-state index contributed by atoms with van der Waals surface area (Å²) in [6.45, 7) is 1.35. The molecule has 28 heavy (non-hydrogen) atoms. The molecule has 1 saturated carbocycles. The molecule has 7 heteroatoms. The standard InChI is InChI=1S/C21H26N2O3S2/c1-28(25,26)22-16-8-5-11-23(12-9-16)21(24)19-14-18(19)17-10-13-27-20(17)15-6-3-2-4-7-15/h2-4,6-7,10,13,16,18-19,22H,5,8-9,11-12,14H2,1H3. The van der Waals surface area contributed by atoms with Gasteiger partial charge in [0, 0.05) is 29.9 Å². The van der Waals surface area contributed by atoms with Gasteiger partial charge >= 0.3 is 0 Å². The first kappa shape index (κ1) is 19.6. The zero-order chi connectivity index (χ0) is 19.7. The largest absolute Gasteiger partial charge is 0.342 e. The van der Waals surface area contributed by atoms with Crippen LogP contribution in [0.4, 0.5) is 0 Å². The Kier molecular flexibility index (Phi) is 5.58. The van der Waals surface area contributed by atoms with Crippen LogP contribution in [0, 0.1) is 5.92 Å². The molecule has 0 radical (unpaired) electrons. The van der Waals surface area contributed by atoms with Crippen LogP contribution in [0.1, 0.15) is 37.2 Å². The van der Waals surface area contributed by atoms with Gasteiger partial charge in [0.1, 0.15) is 0 Å². The molecule has 1 aromatic carbocycles. The summed E-state index contributed by atoms with van der Waals surface area (Å²) in [5, 5.41) is 2.12. The van der Waals surface area contributed by atoms with Gasteiger partial charge in [-0.25, -0.2) is 13.1 Å². The van der Waals surface area contributed by atoms with Crippen LogP contribution in [0.5, 0.6) is 0 Å². The number of thiophene rings is 1. The second kappa shape index (κ2) is 7.97. The van der Waals surface area contributed by atoms with E-state index in [0.29, 0.717) is 18.9 Å². The first-order chi connectivity index (χ1) is 13.4. The van der Waals surface area contributed by atoms with Crippen LogP contribution in [-0.4, -0.2) is 44.6 Å². The summed E-state index contributed by atoms with van der Waals surface area (Å²) >= 11 is 1.74. The molecule has 2 aromatic rings. The Bertz CT molecular complexity index is 940. The number of rotatable bonds is 5. The number of sulfonamides is 1. The van der Waals surface area contributed by atoms with E-state index in [1.807, 2.05) is 23.1 Å². The van der Waals surface area contributed by atoms with Crippen LogP contribution in [-0.2, 0) is 14.8 Å². The third-order valence-electron chi connectivity index (χ3n) is 5.66. The molecular formula is C21H26N2O3S2. The Hall–Kier alpha value is -1.70. The van der Waals surface area contributed by atoms with Gasteiger partial charge in [0.05, 0.1) is 6.26 Å². The third kappa shape index (κ3) is 4.47. The van der Waals surface area contributed by atoms with E-state index >= 15 is 0 Å². The Morgan fingerprint density at radius 1 is 1.14 bits per heavy atom. The third-order valence-corrected chi connectivity index (χ3v) is 7.40. The number of carbonyl (C=O) groups is 1. The first-order valence-corrected chi connectivity index (χ1v) is 12.6. The maximum absolute atomic E-state index is 13.0. The molecule has 1 aromatic heterocycles. The van der Waals surface area contributed by atoms with E-state index in [9.17, 15) is 13.2 Å². The maximum Gasteiger partial charge on any atom is 0.226 e. The average Bonchev–Trinajstić information content (AvgIpc) is 3.36. The normalized spacial score (nSPS) is 25.3. The lowest BCUT2D eigenvalue weighted by molar-refractivity contribution is -0.132. The minimum Gasteiger partial charge on any atom is -0.342 e. The lowest BCUT2D eigenvalue weighted by Crippen LogP contribution is -2.36. The molecule has 1 saturated heterocycles. The number of benzene rings is 1. The molecule has 2 heterocycles. The molecule has 2 aliphatic rings. The first-order valence-electron chi connectivity index (χ1n) is 9.81. The lowest BCUT2D eigenvalue weighted by atomic mass is 10.0. The van der Waals surface area contributed by atoms with Crippen LogP contribution in [0.3, 0.4) is 0 Å². The molecule has 0 bridgehead atoms. The monoisotopic (exact) mass is 418 g/mol. The van der Waals surface area contributed by atoms with Crippen molar-refractivity contribution in [2.45, 2.75) is 37.6 Å². The van der Waals surface area contributed by atoms with E-state index in [-0.39, 0.29) is 17.9 Å². The molecule has 150 valence electrons. The molecule has 1 aliphatic carbocycles. The molecule has 1 N–H and O–H groups in total. The Labute approximate surface area is 170 Å². The molecule has 5 nitrogen and oxygen atoms in total. The van der Waals surface area contributed by atoms with Crippen molar-refractivity contribution in [1.29, 1.82) is 0 Å². The molecule has 4 rings (SSSR count). The van der Waals surface area contributed by atoms with Crippen LogP contribution < -0.4 is 4.72 Å². The summed E-state index contributed by atoms with van der Waals surface area (Å²) in [6, 6.07) is 12.5. The second-order valence-corrected chi connectivity index (χ2v) is 10.6. The van der Waals surface area contributed by atoms with Gasteiger partial charge in [0.15, 0.2) is 0 Å². The minimum absolute atomic E-state index is 0.0654. The lowest BCUT2D eigenvalue weighted by Gasteiger charge is -2.21. The van der Waals surface area contributed by atoms with Crippen LogP contribution >= 0.6 is 11.3 Å². The Morgan fingerprint density at radius 2 is 1.93 bits per heavy atom. The molecule has 3 unspecified atom stereocenters. The van der Waals surface area contributed by atoms with Gasteiger partial charge in [0.25, 0.3) is 0 Å². The van der Waals surface area contributed by atoms with E-state index in [1.54, 1.807) is 11.3 Å². The Balaban J connectivity index is 1.40. The van der Waals surface area contributed by atoms with E-state index in [2.05, 4.69) is 28.3 Å². The number of likely N-dealkylation sites (tertiary alicyclic amines) is 1. The van der Waals surface area contributed by atoms with Gasteiger partial charge in [-0.05, 0) is 54.2 Å². The van der Waals surface area contributed by atoms with Crippen molar-refractivity contribution in [1.82, 2.24) is 9.62 Å². The highest BCUT2D eigenvalue weighted by molar-refractivity contribution is 7.88. The number of carbonyl (C=O) groups excluding carboxylic acids is 1. The number of nitrogens with one attached hydrogen (secondary N) is 1. The smallest absolute Gasteiger partial charge is 0.226 e. The fraction of sp³-hybridized carbons (Fsp3) is 0.476. The van der Waals surface area contributed by atoms with Gasteiger partial charge in [-0.15, -0.1) is 11.3 Å². The highest BCUT2D eigenvalue weighted by Gasteiger charge is 2.47. The molecule has 3 atom stereocenters. The molecule has 1 aliphatic heterocycles. The second-order valence-electron chi connectivity index (χ2n) is 7.86. The van der Waals surface area contributed by atoms with Gasteiger partial charge in [-0.1, -0.05) is 30.3 Å². The molecule has 1 amide bonds. The van der Waals surface area contributed by atoms with E-state index in [0.717, 1.165) is 25.8 Å². The number of amides is 1. The number of nitrogens with zero attached hydrogens (tertiary/aromatic N) is 1. The average molecular weight is 419 g/mol. The highest BCUT2D eigenvalue weighted by Crippen LogP contribution is 2.52. The maximum atomic E-state index is 13.0. The van der Waals surface area contributed by atoms with E-state index < -0.39 is 10.0 Å². The summed E-state index contributed by atoms with van der Waals surface area (Å²) in [6.07, 6.45) is 4.42. The fourth-order valence-electron chi connectivity index (χ4n) is 4.22. The van der Waals surface area contributed by atoms with Crippen molar-refractivity contribution in [3.8, 4) is 10.4 Å². The van der Waals surface area contributed by atoms with Crippen LogP contribution in [0.15, 0.2) is 41.8 Å². The summed E-state index contributed by atoms with van der Waals surface area (Å²) in [7, 11) is -3.20. The molecular weight excluding hydrogens is 392 g/mol. The van der Waals surface area contributed by atoms with E-state index in [4.69, 9.17) is 0 Å². The summed E-state index contributed by atoms with van der Waals surface area (Å²) < 4.78 is 25.7. The highest BCUT2D eigenvalue weighted by atomic mass is 32.2. The SMILES string of the molecule is CS(=O)(=O)NC1CCCN(C(=O)C2CC2c2ccsc2-c2ccccc2)CC1. The van der Waals surface area contributed by atoms with Crippen molar-refractivity contribution in [2.75, 3.05) is 19.3 Å². The topological polar surface area (TPSA) is 66.5 Å².